The lowest BCUT2D eigenvalue weighted by Gasteiger charge is -2.45. The third kappa shape index (κ3) is 7.05. The molecule has 262 valence electrons. The highest BCUT2D eigenvalue weighted by Gasteiger charge is 2.47. The van der Waals surface area contributed by atoms with Crippen molar-refractivity contribution in [2.75, 3.05) is 57.8 Å². The Kier molecular flexibility index (Phi) is 9.91. The molecule has 3 amide bonds. The van der Waals surface area contributed by atoms with Gasteiger partial charge in [-0.25, -0.2) is 4.39 Å². The van der Waals surface area contributed by atoms with Crippen LogP contribution in [0, 0.1) is 11.8 Å². The number of amides is 3. The number of carbonyl (C=O) groups excluding carboxylic acids is 3. The van der Waals surface area contributed by atoms with Crippen molar-refractivity contribution in [1.82, 2.24) is 25.0 Å². The first-order chi connectivity index (χ1) is 23.6. The molecular formula is C35H44FN6O5PS. The molecule has 3 N–H and O–H groups in total. The highest BCUT2D eigenvalue weighted by molar-refractivity contribution is 7.45. The first-order valence-electron chi connectivity index (χ1n) is 17.2. The molecule has 4 aliphatic rings. The number of fused-ring (bicyclic) bond motifs is 2. The van der Waals surface area contributed by atoms with Crippen molar-refractivity contribution in [3.8, 4) is 0 Å². The molecule has 4 fully saturated rings. The molecule has 0 spiro atoms. The number of benzene rings is 1. The van der Waals surface area contributed by atoms with Crippen LogP contribution in [0.5, 0.6) is 0 Å². The molecule has 3 aromatic rings. The smallest absolute Gasteiger partial charge is 0.262 e. The molecule has 14 heteroatoms. The van der Waals surface area contributed by atoms with Gasteiger partial charge in [-0.1, -0.05) is 13.0 Å². The van der Waals surface area contributed by atoms with Crippen molar-refractivity contribution in [2.24, 2.45) is 11.8 Å². The van der Waals surface area contributed by atoms with Crippen LogP contribution in [0.1, 0.15) is 65.2 Å². The van der Waals surface area contributed by atoms with Crippen LogP contribution in [-0.2, 0) is 9.59 Å². The van der Waals surface area contributed by atoms with E-state index in [0.29, 0.717) is 54.6 Å². The number of halogens is 1. The highest BCUT2D eigenvalue weighted by atomic mass is 32.1. The summed E-state index contributed by atoms with van der Waals surface area (Å²) in [6.07, 6.45) is 6.66. The number of hydrogen-bond acceptors (Lipinski definition) is 9. The Hall–Kier alpha value is -3.22. The fourth-order valence-electron chi connectivity index (χ4n) is 7.73. The number of aromatic nitrogens is 1. The van der Waals surface area contributed by atoms with Crippen molar-refractivity contribution in [1.29, 1.82) is 0 Å². The third-order valence-corrected chi connectivity index (χ3v) is 12.6. The van der Waals surface area contributed by atoms with Crippen LogP contribution >= 0.6 is 19.7 Å². The summed E-state index contributed by atoms with van der Waals surface area (Å²) in [5, 5.41) is 3.61. The molecular weight excluding hydrogens is 666 g/mol. The number of alkyl halides is 1. The Morgan fingerprint density at radius 1 is 1.08 bits per heavy atom. The van der Waals surface area contributed by atoms with Crippen molar-refractivity contribution in [2.45, 2.75) is 56.5 Å². The van der Waals surface area contributed by atoms with Gasteiger partial charge in [-0.05, 0) is 79.8 Å². The molecule has 1 saturated carbocycles. The topological polar surface area (TPSA) is 130 Å². The minimum Gasteiger partial charge on any atom is -0.369 e. The number of likely N-dealkylation sites (tertiary alicyclic amines) is 2. The van der Waals surface area contributed by atoms with Gasteiger partial charge in [0.2, 0.25) is 20.2 Å². The molecule has 0 bridgehead atoms. The number of thiophene rings is 1. The Morgan fingerprint density at radius 2 is 1.86 bits per heavy atom. The van der Waals surface area contributed by atoms with E-state index in [2.05, 4.69) is 33.2 Å². The molecule has 2 unspecified atom stereocenters. The highest BCUT2D eigenvalue weighted by Crippen LogP contribution is 2.47. The van der Waals surface area contributed by atoms with E-state index in [1.165, 1.54) is 34.7 Å². The van der Waals surface area contributed by atoms with E-state index in [0.717, 1.165) is 43.7 Å². The predicted molar refractivity (Wildman–Crippen MR) is 188 cm³/mol. The van der Waals surface area contributed by atoms with Gasteiger partial charge in [0, 0.05) is 80.1 Å². The number of nitrogens with zero attached hydrogens (tertiary/aromatic N) is 5. The van der Waals surface area contributed by atoms with E-state index in [9.17, 15) is 28.6 Å². The van der Waals surface area contributed by atoms with Gasteiger partial charge < -0.3 is 34.7 Å². The molecule has 3 saturated heterocycles. The molecule has 11 nitrogen and oxygen atoms in total. The molecule has 2 aromatic heterocycles. The third-order valence-electron chi connectivity index (χ3n) is 10.8. The minimum atomic E-state index is -2.77. The van der Waals surface area contributed by atoms with Crippen LogP contribution in [0.2, 0.25) is 0 Å². The lowest BCUT2D eigenvalue weighted by atomic mass is 9.89. The van der Waals surface area contributed by atoms with Crippen LogP contribution in [0.25, 0.3) is 10.1 Å². The van der Waals surface area contributed by atoms with Crippen LogP contribution in [-0.4, -0.2) is 112 Å². The molecule has 49 heavy (non-hydrogen) atoms. The SMILES string of the molecule is CC[C@@H](C(=O)N1CC(c2cnccc2N2CCN(C)CC2)C1)N1CCC2CC2C[C@H](NC(=O)c2cc3cc([C@@H](F)P(O)O)ccc3s2)C1=O. The largest absolute Gasteiger partial charge is 0.369 e. The van der Waals surface area contributed by atoms with Gasteiger partial charge in [0.25, 0.3) is 5.91 Å². The maximum absolute atomic E-state index is 14.3. The standard InChI is InChI=1S/C35H44FN6O5PS/c1-3-28(35(45)41-19-25(20-41)26-18-37-8-6-29(26)40-12-10-39(2)11-13-40)42-9-7-21-14-23(21)16-27(34(42)44)38-33(43)31-17-24-15-22(32(36)48(46)47)4-5-30(24)49-31/h4-6,8,15,17-18,21,23,25,27-28,32,46-47H,3,7,9-14,16,19-20H2,1-2H3,(H,38,43)/t21?,23?,27-,28-,32-/m0/s1. The number of piperazine rings is 1. The van der Waals surface area contributed by atoms with E-state index in [-0.39, 0.29) is 29.2 Å². The molecule has 5 heterocycles. The van der Waals surface area contributed by atoms with E-state index >= 15 is 0 Å². The average Bonchev–Trinajstić information content (AvgIpc) is 3.66. The molecule has 5 atom stereocenters. The Balaban J connectivity index is 1.03. The van der Waals surface area contributed by atoms with Crippen molar-refractivity contribution in [3.63, 3.8) is 0 Å². The van der Waals surface area contributed by atoms with Gasteiger partial charge in [0.1, 0.15) is 12.1 Å². The summed E-state index contributed by atoms with van der Waals surface area (Å²) in [4.78, 5) is 73.5. The molecule has 3 aliphatic heterocycles. The first-order valence-corrected chi connectivity index (χ1v) is 19.4. The van der Waals surface area contributed by atoms with Crippen LogP contribution in [0.4, 0.5) is 10.1 Å². The Labute approximate surface area is 291 Å². The fourth-order valence-corrected chi connectivity index (χ4v) is 9.10. The van der Waals surface area contributed by atoms with E-state index in [1.807, 2.05) is 24.2 Å². The van der Waals surface area contributed by atoms with Gasteiger partial charge in [0.15, 0.2) is 5.91 Å². The number of likely N-dealkylation sites (N-methyl/N-ethyl adjacent to an activating group) is 1. The molecule has 7 rings (SSSR count). The van der Waals surface area contributed by atoms with Crippen LogP contribution in [0.3, 0.4) is 0 Å². The molecule has 0 radical (unpaired) electrons. The second kappa shape index (κ2) is 14.2. The summed E-state index contributed by atoms with van der Waals surface area (Å²) < 4.78 is 15.0. The quantitative estimate of drug-likeness (QED) is 0.284. The average molecular weight is 711 g/mol. The maximum atomic E-state index is 14.3. The minimum absolute atomic E-state index is 0.0453. The monoisotopic (exact) mass is 710 g/mol. The number of pyridine rings is 1. The lowest BCUT2D eigenvalue weighted by molar-refractivity contribution is -0.150. The Morgan fingerprint density at radius 3 is 2.59 bits per heavy atom. The fraction of sp³-hybridized carbons (Fsp3) is 0.543. The zero-order valence-electron chi connectivity index (χ0n) is 27.9. The van der Waals surface area contributed by atoms with Gasteiger partial charge in [-0.2, -0.15) is 0 Å². The number of anilines is 1. The van der Waals surface area contributed by atoms with Gasteiger partial charge >= 0.3 is 0 Å². The van der Waals surface area contributed by atoms with Crippen LogP contribution < -0.4 is 10.2 Å². The van der Waals surface area contributed by atoms with Crippen molar-refractivity contribution < 1.29 is 28.6 Å². The summed E-state index contributed by atoms with van der Waals surface area (Å²) in [7, 11) is -0.636. The zero-order valence-corrected chi connectivity index (χ0v) is 29.6. The summed E-state index contributed by atoms with van der Waals surface area (Å²) in [5.41, 5.74) is 2.50. The second-order valence-corrected chi connectivity index (χ2v) is 16.2. The molecule has 1 aromatic carbocycles. The number of nitrogens with one attached hydrogen (secondary N) is 1. The lowest BCUT2D eigenvalue weighted by Crippen LogP contribution is -2.60. The second-order valence-electron chi connectivity index (χ2n) is 14.0. The summed E-state index contributed by atoms with van der Waals surface area (Å²) in [5.74, 6) is -1.51. The number of carbonyl (C=O) groups is 3. The predicted octanol–water partition coefficient (Wildman–Crippen LogP) is 4.07. The Bertz CT molecular complexity index is 1710. The normalized spacial score (nSPS) is 24.7. The van der Waals surface area contributed by atoms with Crippen molar-refractivity contribution in [3.05, 3.63) is 58.7 Å². The summed E-state index contributed by atoms with van der Waals surface area (Å²) in [6, 6.07) is 7.04. The van der Waals surface area contributed by atoms with E-state index in [4.69, 9.17) is 0 Å². The number of rotatable bonds is 9. The van der Waals surface area contributed by atoms with Gasteiger partial charge in [0.05, 0.1) is 4.88 Å². The summed E-state index contributed by atoms with van der Waals surface area (Å²) in [6.45, 7) is 7.52. The first kappa shape index (κ1) is 34.2. The van der Waals surface area contributed by atoms with Crippen LogP contribution in [0.15, 0.2) is 42.7 Å². The van der Waals surface area contributed by atoms with Gasteiger partial charge in [-0.3, -0.25) is 19.4 Å². The molecule has 1 aliphatic carbocycles. The maximum Gasteiger partial charge on any atom is 0.262 e. The zero-order chi connectivity index (χ0) is 34.4. The van der Waals surface area contributed by atoms with Gasteiger partial charge in [-0.15, -0.1) is 11.3 Å². The van der Waals surface area contributed by atoms with E-state index < -0.39 is 26.4 Å². The van der Waals surface area contributed by atoms with E-state index in [1.54, 1.807) is 17.0 Å². The summed E-state index contributed by atoms with van der Waals surface area (Å²) >= 11 is 1.23. The van der Waals surface area contributed by atoms with Crippen molar-refractivity contribution >= 4 is 53.2 Å². The number of hydrogen-bond donors (Lipinski definition) is 3.